The smallest absolute Gasteiger partial charge is 0.253 e. The van der Waals surface area contributed by atoms with Crippen LogP contribution in [-0.4, -0.2) is 56.7 Å². The van der Waals surface area contributed by atoms with E-state index in [-0.39, 0.29) is 5.91 Å². The van der Waals surface area contributed by atoms with Gasteiger partial charge in [-0.25, -0.2) is 14.6 Å². The van der Waals surface area contributed by atoms with Crippen molar-refractivity contribution in [3.05, 3.63) is 77.2 Å². The van der Waals surface area contributed by atoms with Gasteiger partial charge in [-0.1, -0.05) is 42.8 Å². The second kappa shape index (κ2) is 9.25. The minimum atomic E-state index is 0.0907. The van der Waals surface area contributed by atoms with E-state index in [1.165, 1.54) is 5.56 Å². The Morgan fingerprint density at radius 2 is 1.68 bits per heavy atom. The Bertz CT molecular complexity index is 1310. The van der Waals surface area contributed by atoms with Crippen molar-refractivity contribution in [2.45, 2.75) is 33.6 Å². The highest BCUT2D eigenvalue weighted by molar-refractivity contribution is 5.94. The first-order valence-electron chi connectivity index (χ1n) is 12.0. The SMILES string of the molecule is CCc1nc(N2CCCN(C(=O)c3ccccc3)CC2)c2c(C)nn(-c3ccc(C)cc3)c2n1. The molecule has 1 amide bonds. The number of fused-ring (bicyclic) bond motifs is 1. The van der Waals surface area contributed by atoms with E-state index in [9.17, 15) is 4.79 Å². The summed E-state index contributed by atoms with van der Waals surface area (Å²) in [5, 5.41) is 5.84. The highest BCUT2D eigenvalue weighted by Crippen LogP contribution is 2.30. The van der Waals surface area contributed by atoms with Crippen LogP contribution in [0.2, 0.25) is 0 Å². The number of benzene rings is 2. The molecule has 1 fully saturated rings. The molecule has 34 heavy (non-hydrogen) atoms. The molecule has 2 aromatic heterocycles. The zero-order valence-electron chi connectivity index (χ0n) is 20.0. The second-order valence-electron chi connectivity index (χ2n) is 8.85. The first kappa shape index (κ1) is 22.1. The topological polar surface area (TPSA) is 67.2 Å². The van der Waals surface area contributed by atoms with Gasteiger partial charge in [0, 0.05) is 38.2 Å². The normalized spacial score (nSPS) is 14.4. The van der Waals surface area contributed by atoms with Gasteiger partial charge in [-0.15, -0.1) is 0 Å². The summed E-state index contributed by atoms with van der Waals surface area (Å²) in [5.74, 6) is 1.82. The lowest BCUT2D eigenvalue weighted by Crippen LogP contribution is -2.35. The van der Waals surface area contributed by atoms with Crippen LogP contribution in [0.15, 0.2) is 54.6 Å². The fourth-order valence-corrected chi connectivity index (χ4v) is 4.55. The summed E-state index contributed by atoms with van der Waals surface area (Å²) in [5.41, 5.74) is 4.69. The summed E-state index contributed by atoms with van der Waals surface area (Å²) in [6, 6.07) is 17.9. The molecule has 7 heteroatoms. The van der Waals surface area contributed by atoms with Crippen LogP contribution in [0.5, 0.6) is 0 Å². The minimum Gasteiger partial charge on any atom is -0.354 e. The number of carbonyl (C=O) groups is 1. The second-order valence-corrected chi connectivity index (χ2v) is 8.85. The van der Waals surface area contributed by atoms with Crippen molar-refractivity contribution in [3.63, 3.8) is 0 Å². The molecule has 1 saturated heterocycles. The van der Waals surface area contributed by atoms with Gasteiger partial charge in [0.2, 0.25) is 0 Å². The monoisotopic (exact) mass is 454 g/mol. The molecule has 0 atom stereocenters. The number of hydrogen-bond acceptors (Lipinski definition) is 5. The third-order valence-electron chi connectivity index (χ3n) is 6.43. The van der Waals surface area contributed by atoms with Crippen LogP contribution in [0, 0.1) is 13.8 Å². The average molecular weight is 455 g/mol. The van der Waals surface area contributed by atoms with Gasteiger partial charge in [0.1, 0.15) is 11.6 Å². The Kier molecular flexibility index (Phi) is 6.01. The molecular formula is C27H30N6O. The molecule has 0 saturated carbocycles. The van der Waals surface area contributed by atoms with E-state index in [1.807, 2.05) is 46.8 Å². The van der Waals surface area contributed by atoms with Crippen molar-refractivity contribution in [2.24, 2.45) is 0 Å². The molecule has 5 rings (SSSR count). The van der Waals surface area contributed by atoms with Gasteiger partial charge in [0.05, 0.1) is 16.8 Å². The molecule has 0 radical (unpaired) electrons. The molecule has 0 unspecified atom stereocenters. The predicted molar refractivity (Wildman–Crippen MR) is 135 cm³/mol. The molecule has 1 aliphatic rings. The summed E-state index contributed by atoms with van der Waals surface area (Å²) in [6.07, 6.45) is 1.63. The van der Waals surface area contributed by atoms with Crippen molar-refractivity contribution in [3.8, 4) is 5.69 Å². The van der Waals surface area contributed by atoms with Crippen molar-refractivity contribution in [1.82, 2.24) is 24.6 Å². The Hall–Kier alpha value is -3.74. The maximum atomic E-state index is 13.0. The molecule has 174 valence electrons. The van der Waals surface area contributed by atoms with Crippen LogP contribution in [0.4, 0.5) is 5.82 Å². The first-order valence-corrected chi connectivity index (χ1v) is 12.0. The molecule has 7 nitrogen and oxygen atoms in total. The zero-order valence-corrected chi connectivity index (χ0v) is 20.0. The summed E-state index contributed by atoms with van der Waals surface area (Å²) in [6.45, 7) is 9.14. The third kappa shape index (κ3) is 4.14. The number of anilines is 1. The molecule has 0 N–H and O–H groups in total. The number of nitrogens with zero attached hydrogens (tertiary/aromatic N) is 6. The first-order chi connectivity index (χ1) is 16.5. The Morgan fingerprint density at radius 1 is 0.912 bits per heavy atom. The van der Waals surface area contributed by atoms with Gasteiger partial charge in [0.15, 0.2) is 5.65 Å². The number of aryl methyl sites for hydroxylation is 3. The van der Waals surface area contributed by atoms with E-state index >= 15 is 0 Å². The zero-order chi connectivity index (χ0) is 23.7. The molecule has 3 heterocycles. The number of rotatable bonds is 4. The molecule has 0 spiro atoms. The molecule has 2 aromatic carbocycles. The van der Waals surface area contributed by atoms with Gasteiger partial charge in [0.25, 0.3) is 5.91 Å². The van der Waals surface area contributed by atoms with Gasteiger partial charge >= 0.3 is 0 Å². The van der Waals surface area contributed by atoms with E-state index in [0.717, 1.165) is 72.1 Å². The summed E-state index contributed by atoms with van der Waals surface area (Å²) in [4.78, 5) is 27.1. The standard InChI is InChI=1S/C27H30N6O/c1-4-23-28-25(24-20(3)30-33(26(24)29-23)22-13-11-19(2)12-14-22)31-15-8-16-32(18-17-31)27(34)21-9-6-5-7-10-21/h5-7,9-14H,4,8,15-18H2,1-3H3. The highest BCUT2D eigenvalue weighted by Gasteiger charge is 2.25. The van der Waals surface area contributed by atoms with Crippen LogP contribution >= 0.6 is 0 Å². The molecule has 0 aliphatic carbocycles. The molecular weight excluding hydrogens is 424 g/mol. The van der Waals surface area contributed by atoms with Crippen molar-refractivity contribution in [1.29, 1.82) is 0 Å². The van der Waals surface area contributed by atoms with Gasteiger partial charge in [-0.2, -0.15) is 5.10 Å². The van der Waals surface area contributed by atoms with E-state index < -0.39 is 0 Å². The van der Waals surface area contributed by atoms with Crippen LogP contribution in [-0.2, 0) is 6.42 Å². The minimum absolute atomic E-state index is 0.0907. The lowest BCUT2D eigenvalue weighted by molar-refractivity contribution is 0.0767. The van der Waals surface area contributed by atoms with Crippen LogP contribution < -0.4 is 4.90 Å². The fourth-order valence-electron chi connectivity index (χ4n) is 4.55. The lowest BCUT2D eigenvalue weighted by atomic mass is 10.2. The molecule has 0 bridgehead atoms. The highest BCUT2D eigenvalue weighted by atomic mass is 16.2. The van der Waals surface area contributed by atoms with Crippen LogP contribution in [0.25, 0.3) is 16.7 Å². The molecule has 1 aliphatic heterocycles. The lowest BCUT2D eigenvalue weighted by Gasteiger charge is -2.24. The number of carbonyl (C=O) groups excluding carboxylic acids is 1. The average Bonchev–Trinajstić information content (AvgIpc) is 3.04. The number of aromatic nitrogens is 4. The van der Waals surface area contributed by atoms with Gasteiger partial charge in [-0.05, 0) is 44.5 Å². The van der Waals surface area contributed by atoms with Crippen molar-refractivity contribution >= 4 is 22.8 Å². The van der Waals surface area contributed by atoms with Crippen LogP contribution in [0.1, 0.15) is 40.8 Å². The van der Waals surface area contributed by atoms with Crippen molar-refractivity contribution in [2.75, 3.05) is 31.1 Å². The summed E-state index contributed by atoms with van der Waals surface area (Å²) in [7, 11) is 0. The summed E-state index contributed by atoms with van der Waals surface area (Å²) >= 11 is 0. The largest absolute Gasteiger partial charge is 0.354 e. The predicted octanol–water partition coefficient (Wildman–Crippen LogP) is 4.35. The maximum Gasteiger partial charge on any atom is 0.253 e. The van der Waals surface area contributed by atoms with E-state index in [1.54, 1.807) is 0 Å². The quantitative estimate of drug-likeness (QED) is 0.459. The Morgan fingerprint density at radius 3 is 2.41 bits per heavy atom. The summed E-state index contributed by atoms with van der Waals surface area (Å²) < 4.78 is 1.93. The maximum absolute atomic E-state index is 13.0. The van der Waals surface area contributed by atoms with Gasteiger partial charge < -0.3 is 9.80 Å². The van der Waals surface area contributed by atoms with Gasteiger partial charge in [-0.3, -0.25) is 4.79 Å². The van der Waals surface area contributed by atoms with E-state index in [4.69, 9.17) is 15.1 Å². The molecule has 4 aromatic rings. The van der Waals surface area contributed by atoms with E-state index in [0.29, 0.717) is 6.54 Å². The number of amides is 1. The van der Waals surface area contributed by atoms with Crippen LogP contribution in [0.3, 0.4) is 0 Å². The fraction of sp³-hybridized carbons (Fsp3) is 0.333. The third-order valence-corrected chi connectivity index (χ3v) is 6.43. The Labute approximate surface area is 200 Å². The Balaban J connectivity index is 1.50. The number of hydrogen-bond donors (Lipinski definition) is 0. The van der Waals surface area contributed by atoms with E-state index in [2.05, 4.69) is 43.0 Å². The van der Waals surface area contributed by atoms with Crippen molar-refractivity contribution < 1.29 is 4.79 Å².